The molecule has 2 N–H and O–H groups in total. The van der Waals surface area contributed by atoms with Gasteiger partial charge in [0.2, 0.25) is 0 Å². The van der Waals surface area contributed by atoms with E-state index in [-0.39, 0.29) is 24.9 Å². The Kier molecular flexibility index (Phi) is 4.21. The second kappa shape index (κ2) is 6.16. The highest BCUT2D eigenvalue weighted by atomic mass is 19.1. The summed E-state index contributed by atoms with van der Waals surface area (Å²) in [6.07, 6.45) is 2.12. The summed E-state index contributed by atoms with van der Waals surface area (Å²) >= 11 is 0. The van der Waals surface area contributed by atoms with Crippen LogP contribution in [0.1, 0.15) is 25.7 Å². The number of aliphatic hydroxyl groups is 1. The first-order valence-corrected chi connectivity index (χ1v) is 7.71. The summed E-state index contributed by atoms with van der Waals surface area (Å²) in [6.45, 7) is -0.205. The Hall–Kier alpha value is -2.15. The molecule has 0 bridgehead atoms. The molecule has 124 valence electrons. The molecule has 1 unspecified atom stereocenters. The normalized spacial score (nSPS) is 20.9. The molecule has 1 aliphatic carbocycles. The van der Waals surface area contributed by atoms with E-state index in [1.165, 1.54) is 24.3 Å². The van der Waals surface area contributed by atoms with Crippen LogP contribution in [0.4, 0.5) is 9.18 Å². The number of hydrogen-bond acceptors (Lipinski definition) is 4. The minimum atomic E-state index is -1.01. The number of aliphatic hydroxyl groups excluding tert-OH is 1. The molecule has 1 atom stereocenters. The van der Waals surface area contributed by atoms with Crippen LogP contribution in [0.15, 0.2) is 24.3 Å². The van der Waals surface area contributed by atoms with Crippen LogP contribution in [0.2, 0.25) is 0 Å². The van der Waals surface area contributed by atoms with Crippen molar-refractivity contribution in [2.45, 2.75) is 37.3 Å². The van der Waals surface area contributed by atoms with Crippen molar-refractivity contribution in [3.05, 3.63) is 30.1 Å². The number of urea groups is 1. The average molecular weight is 322 g/mol. The lowest BCUT2D eigenvalue weighted by Gasteiger charge is -2.21. The number of β-amino-alcohol motifs (C(OH)–C–C–N with tert-alkyl or cyclic N) is 1. The maximum absolute atomic E-state index is 12.8. The molecule has 7 heteroatoms. The molecule has 0 radical (unpaired) electrons. The monoisotopic (exact) mass is 322 g/mol. The third-order valence-corrected chi connectivity index (χ3v) is 4.35. The molecule has 2 fully saturated rings. The van der Waals surface area contributed by atoms with Gasteiger partial charge in [-0.3, -0.25) is 9.69 Å². The summed E-state index contributed by atoms with van der Waals surface area (Å²) in [5, 5.41) is 12.8. The molecule has 1 spiro atoms. The highest BCUT2D eigenvalue weighted by Crippen LogP contribution is 2.35. The van der Waals surface area contributed by atoms with Gasteiger partial charge in [0.15, 0.2) is 0 Å². The largest absolute Gasteiger partial charge is 0.491 e. The van der Waals surface area contributed by atoms with Gasteiger partial charge in [-0.05, 0) is 37.1 Å². The predicted octanol–water partition coefficient (Wildman–Crippen LogP) is 1.43. The molecular formula is C16H19FN2O4. The number of rotatable bonds is 5. The van der Waals surface area contributed by atoms with Crippen molar-refractivity contribution in [3.8, 4) is 5.75 Å². The number of carbonyl (C=O) groups is 2. The smallest absolute Gasteiger partial charge is 0.325 e. The molecule has 1 aromatic carbocycles. The van der Waals surface area contributed by atoms with Gasteiger partial charge < -0.3 is 15.2 Å². The summed E-state index contributed by atoms with van der Waals surface area (Å²) in [6, 6.07) is 4.94. The molecule has 1 saturated heterocycles. The van der Waals surface area contributed by atoms with E-state index in [1.54, 1.807) is 0 Å². The van der Waals surface area contributed by atoms with Crippen LogP contribution in [0.25, 0.3) is 0 Å². The Morgan fingerprint density at radius 3 is 2.57 bits per heavy atom. The molecule has 1 aromatic rings. The lowest BCUT2D eigenvalue weighted by molar-refractivity contribution is -0.132. The van der Waals surface area contributed by atoms with Gasteiger partial charge in [-0.1, -0.05) is 12.8 Å². The first-order valence-electron chi connectivity index (χ1n) is 7.71. The van der Waals surface area contributed by atoms with Gasteiger partial charge in [-0.2, -0.15) is 0 Å². The van der Waals surface area contributed by atoms with Crippen LogP contribution >= 0.6 is 0 Å². The lowest BCUT2D eigenvalue weighted by Crippen LogP contribution is -2.45. The fourth-order valence-corrected chi connectivity index (χ4v) is 3.15. The van der Waals surface area contributed by atoms with E-state index in [0.717, 1.165) is 17.7 Å². The van der Waals surface area contributed by atoms with Crippen molar-refractivity contribution >= 4 is 11.9 Å². The van der Waals surface area contributed by atoms with Crippen LogP contribution < -0.4 is 10.1 Å². The Morgan fingerprint density at radius 1 is 1.26 bits per heavy atom. The number of amides is 3. The third-order valence-electron chi connectivity index (χ3n) is 4.35. The van der Waals surface area contributed by atoms with Crippen LogP contribution in [0, 0.1) is 5.82 Å². The van der Waals surface area contributed by atoms with E-state index in [2.05, 4.69) is 5.32 Å². The minimum absolute atomic E-state index is 0.0876. The van der Waals surface area contributed by atoms with E-state index in [0.29, 0.717) is 18.6 Å². The number of hydrogen-bond donors (Lipinski definition) is 2. The average Bonchev–Trinajstić information content (AvgIpc) is 3.08. The molecule has 3 amide bonds. The number of halogens is 1. The Labute approximate surface area is 133 Å². The summed E-state index contributed by atoms with van der Waals surface area (Å²) in [5.74, 6) is -0.227. The second-order valence-electron chi connectivity index (χ2n) is 6.05. The first-order chi connectivity index (χ1) is 11.0. The maximum Gasteiger partial charge on any atom is 0.325 e. The molecule has 3 rings (SSSR count). The number of nitrogens with one attached hydrogen (secondary N) is 1. The Bertz CT molecular complexity index is 599. The molecule has 2 aliphatic rings. The zero-order valence-electron chi connectivity index (χ0n) is 12.6. The van der Waals surface area contributed by atoms with Crippen molar-refractivity contribution in [1.82, 2.24) is 10.2 Å². The summed E-state index contributed by atoms with van der Waals surface area (Å²) in [5.41, 5.74) is -0.769. The predicted molar refractivity (Wildman–Crippen MR) is 79.3 cm³/mol. The molecule has 1 aliphatic heterocycles. The van der Waals surface area contributed by atoms with Crippen LogP contribution in [-0.2, 0) is 4.79 Å². The number of imide groups is 1. The van der Waals surface area contributed by atoms with E-state index in [1.807, 2.05) is 0 Å². The zero-order valence-corrected chi connectivity index (χ0v) is 12.6. The molecular weight excluding hydrogens is 303 g/mol. The standard InChI is InChI=1S/C16H19FN2O4/c17-11-3-5-13(6-4-11)23-10-12(20)9-19-14(21)16(18-15(19)22)7-1-2-8-16/h3-6,12,20H,1-2,7-10H2,(H,18,22). The Balaban J connectivity index is 1.55. The number of ether oxygens (including phenoxy) is 1. The topological polar surface area (TPSA) is 78.9 Å². The fraction of sp³-hybridized carbons (Fsp3) is 0.500. The SMILES string of the molecule is O=C1NC2(CCCC2)C(=O)N1CC(O)COc1ccc(F)cc1. The number of nitrogens with zero attached hydrogens (tertiary/aromatic N) is 1. The molecule has 1 heterocycles. The highest BCUT2D eigenvalue weighted by Gasteiger charge is 2.52. The quantitative estimate of drug-likeness (QED) is 0.804. The van der Waals surface area contributed by atoms with E-state index >= 15 is 0 Å². The summed E-state index contributed by atoms with van der Waals surface area (Å²) in [7, 11) is 0. The minimum Gasteiger partial charge on any atom is -0.491 e. The van der Waals surface area contributed by atoms with Crippen LogP contribution in [0.3, 0.4) is 0 Å². The number of benzene rings is 1. The summed E-state index contributed by atoms with van der Waals surface area (Å²) in [4.78, 5) is 25.5. The van der Waals surface area contributed by atoms with Gasteiger partial charge in [0, 0.05) is 0 Å². The Morgan fingerprint density at radius 2 is 1.91 bits per heavy atom. The highest BCUT2D eigenvalue weighted by molar-refractivity contribution is 6.07. The van der Waals surface area contributed by atoms with Gasteiger partial charge in [0.25, 0.3) is 5.91 Å². The van der Waals surface area contributed by atoms with Crippen molar-refractivity contribution in [2.75, 3.05) is 13.2 Å². The van der Waals surface area contributed by atoms with Gasteiger partial charge in [-0.15, -0.1) is 0 Å². The van der Waals surface area contributed by atoms with Gasteiger partial charge >= 0.3 is 6.03 Å². The van der Waals surface area contributed by atoms with Crippen molar-refractivity contribution in [1.29, 1.82) is 0 Å². The molecule has 0 aromatic heterocycles. The second-order valence-corrected chi connectivity index (χ2v) is 6.05. The molecule has 23 heavy (non-hydrogen) atoms. The van der Waals surface area contributed by atoms with E-state index in [4.69, 9.17) is 4.74 Å². The first kappa shape index (κ1) is 15.7. The summed E-state index contributed by atoms with van der Waals surface area (Å²) < 4.78 is 18.1. The van der Waals surface area contributed by atoms with Gasteiger partial charge in [0.1, 0.15) is 29.8 Å². The van der Waals surface area contributed by atoms with Crippen molar-refractivity contribution in [2.24, 2.45) is 0 Å². The molecule has 6 nitrogen and oxygen atoms in total. The molecule has 1 saturated carbocycles. The fourth-order valence-electron chi connectivity index (χ4n) is 3.15. The zero-order chi connectivity index (χ0) is 16.4. The van der Waals surface area contributed by atoms with E-state index in [9.17, 15) is 19.1 Å². The van der Waals surface area contributed by atoms with Crippen molar-refractivity contribution < 1.29 is 23.8 Å². The van der Waals surface area contributed by atoms with Crippen LogP contribution in [-0.4, -0.2) is 46.7 Å². The van der Waals surface area contributed by atoms with Gasteiger partial charge in [0.05, 0.1) is 6.54 Å². The van der Waals surface area contributed by atoms with Gasteiger partial charge in [-0.25, -0.2) is 9.18 Å². The van der Waals surface area contributed by atoms with Crippen molar-refractivity contribution in [3.63, 3.8) is 0 Å². The van der Waals surface area contributed by atoms with Crippen LogP contribution in [0.5, 0.6) is 5.75 Å². The van der Waals surface area contributed by atoms with E-state index < -0.39 is 17.7 Å². The third kappa shape index (κ3) is 3.14. The maximum atomic E-state index is 12.8. The lowest BCUT2D eigenvalue weighted by atomic mass is 9.98. The number of carbonyl (C=O) groups excluding carboxylic acids is 2.